The third-order valence-electron chi connectivity index (χ3n) is 4.37. The third kappa shape index (κ3) is 2.12. The maximum atomic E-state index is 12.3. The summed E-state index contributed by atoms with van der Waals surface area (Å²) in [5.41, 5.74) is 0.719. The summed E-state index contributed by atoms with van der Waals surface area (Å²) in [5, 5.41) is 3.82. The Bertz CT molecular complexity index is 819. The van der Waals surface area contributed by atoms with Crippen molar-refractivity contribution < 1.29 is 14.1 Å². The average molecular weight is 328 g/mol. The van der Waals surface area contributed by atoms with Crippen molar-refractivity contribution in [1.82, 2.24) is 24.9 Å². The fourth-order valence-corrected chi connectivity index (χ4v) is 3.15. The van der Waals surface area contributed by atoms with Crippen LogP contribution in [0.25, 0.3) is 11.5 Å². The van der Waals surface area contributed by atoms with Gasteiger partial charge in [0.2, 0.25) is 0 Å². The summed E-state index contributed by atoms with van der Waals surface area (Å²) < 4.78 is 5.26. The second-order valence-corrected chi connectivity index (χ2v) is 5.86. The molecule has 0 aromatic carbocycles. The van der Waals surface area contributed by atoms with E-state index in [9.17, 15) is 9.59 Å². The highest BCUT2D eigenvalue weighted by atomic mass is 16.5. The Balaban J connectivity index is 1.66. The van der Waals surface area contributed by atoms with Crippen LogP contribution in [-0.2, 0) is 4.79 Å². The molecular formula is C15H16N6O3. The Morgan fingerprint density at radius 3 is 2.88 bits per heavy atom. The monoisotopic (exact) mass is 328 g/mol. The number of hydrogen-bond donors (Lipinski definition) is 0. The van der Waals surface area contributed by atoms with Gasteiger partial charge in [-0.05, 0) is 19.1 Å². The molecule has 0 N–H and O–H groups in total. The van der Waals surface area contributed by atoms with Gasteiger partial charge >= 0.3 is 6.03 Å². The number of carbonyl (C=O) groups is 2. The van der Waals surface area contributed by atoms with E-state index in [1.807, 2.05) is 11.0 Å². The third-order valence-corrected chi connectivity index (χ3v) is 4.37. The number of imide groups is 1. The van der Waals surface area contributed by atoms with Crippen LogP contribution < -0.4 is 4.90 Å². The summed E-state index contributed by atoms with van der Waals surface area (Å²) in [6.45, 7) is 3.20. The standard InChI is InChI=1S/C15H16N6O3/c1-9-17-13(24-18-9)10-4-3-5-16-12(10)20-6-7-21-11(8-20)14(22)19(2)15(21)23/h3-5,11H,6-8H2,1-2H3. The van der Waals surface area contributed by atoms with E-state index >= 15 is 0 Å². The number of likely N-dealkylation sites (N-methyl/N-ethyl adjacent to an activating group) is 1. The molecule has 0 aliphatic carbocycles. The van der Waals surface area contributed by atoms with Gasteiger partial charge in [-0.3, -0.25) is 9.69 Å². The minimum absolute atomic E-state index is 0.184. The second kappa shape index (κ2) is 5.29. The number of rotatable bonds is 2. The number of aryl methyl sites for hydroxylation is 1. The summed E-state index contributed by atoms with van der Waals surface area (Å²) in [7, 11) is 1.51. The molecule has 0 spiro atoms. The molecule has 4 heterocycles. The van der Waals surface area contributed by atoms with E-state index in [2.05, 4.69) is 15.1 Å². The van der Waals surface area contributed by atoms with E-state index in [4.69, 9.17) is 4.52 Å². The fraction of sp³-hybridized carbons (Fsp3) is 0.400. The van der Waals surface area contributed by atoms with Crippen LogP contribution in [-0.4, -0.2) is 69.6 Å². The van der Waals surface area contributed by atoms with Crippen LogP contribution in [0.3, 0.4) is 0 Å². The molecule has 2 saturated heterocycles. The quantitative estimate of drug-likeness (QED) is 0.742. The molecule has 0 saturated carbocycles. The normalized spacial score (nSPS) is 20.8. The summed E-state index contributed by atoms with van der Waals surface area (Å²) in [5.74, 6) is 1.43. The minimum Gasteiger partial charge on any atom is -0.352 e. The van der Waals surface area contributed by atoms with Crippen molar-refractivity contribution in [1.29, 1.82) is 0 Å². The maximum Gasteiger partial charge on any atom is 0.327 e. The van der Waals surface area contributed by atoms with E-state index < -0.39 is 6.04 Å². The first-order valence-corrected chi connectivity index (χ1v) is 7.65. The molecule has 2 aromatic heterocycles. The fourth-order valence-electron chi connectivity index (χ4n) is 3.15. The Morgan fingerprint density at radius 1 is 1.29 bits per heavy atom. The van der Waals surface area contributed by atoms with Crippen LogP contribution in [0.4, 0.5) is 10.6 Å². The van der Waals surface area contributed by atoms with Gasteiger partial charge in [0, 0.05) is 32.9 Å². The lowest BCUT2D eigenvalue weighted by Crippen LogP contribution is -2.53. The van der Waals surface area contributed by atoms with Gasteiger partial charge in [-0.1, -0.05) is 5.16 Å². The zero-order valence-corrected chi connectivity index (χ0v) is 13.3. The number of amides is 3. The number of anilines is 1. The highest BCUT2D eigenvalue weighted by molar-refractivity contribution is 6.04. The van der Waals surface area contributed by atoms with Crippen molar-refractivity contribution in [3.63, 3.8) is 0 Å². The number of hydrogen-bond acceptors (Lipinski definition) is 7. The van der Waals surface area contributed by atoms with E-state index in [0.29, 0.717) is 37.2 Å². The number of fused-ring (bicyclic) bond motifs is 1. The lowest BCUT2D eigenvalue weighted by Gasteiger charge is -2.36. The molecule has 0 bridgehead atoms. The Morgan fingerprint density at radius 2 is 2.12 bits per heavy atom. The average Bonchev–Trinajstić information content (AvgIpc) is 3.13. The van der Waals surface area contributed by atoms with Crippen molar-refractivity contribution in [3.8, 4) is 11.5 Å². The number of pyridine rings is 1. The largest absolute Gasteiger partial charge is 0.352 e. The Labute approximate surface area is 137 Å². The van der Waals surface area contributed by atoms with E-state index in [1.165, 1.54) is 11.9 Å². The molecule has 2 aliphatic rings. The summed E-state index contributed by atoms with van der Waals surface area (Å²) in [4.78, 5) is 37.8. The number of urea groups is 1. The molecule has 3 amide bonds. The molecule has 2 aliphatic heterocycles. The first-order valence-electron chi connectivity index (χ1n) is 7.65. The van der Waals surface area contributed by atoms with Gasteiger partial charge in [0.25, 0.3) is 11.8 Å². The number of nitrogens with zero attached hydrogens (tertiary/aromatic N) is 6. The van der Waals surface area contributed by atoms with Gasteiger partial charge < -0.3 is 14.3 Å². The SMILES string of the molecule is Cc1noc(-c2cccnc2N2CCN3C(=O)N(C)C(=O)C3C2)n1. The van der Waals surface area contributed by atoms with Crippen LogP contribution in [0, 0.1) is 6.92 Å². The van der Waals surface area contributed by atoms with Crippen LogP contribution in [0.5, 0.6) is 0 Å². The smallest absolute Gasteiger partial charge is 0.327 e. The van der Waals surface area contributed by atoms with Gasteiger partial charge in [0.1, 0.15) is 11.9 Å². The number of carbonyl (C=O) groups excluding carboxylic acids is 2. The molecule has 1 unspecified atom stereocenters. The maximum absolute atomic E-state index is 12.3. The molecular weight excluding hydrogens is 312 g/mol. The van der Waals surface area contributed by atoms with Gasteiger partial charge in [-0.2, -0.15) is 4.98 Å². The van der Waals surface area contributed by atoms with Gasteiger partial charge in [-0.25, -0.2) is 9.78 Å². The van der Waals surface area contributed by atoms with E-state index in [-0.39, 0.29) is 11.9 Å². The first-order chi connectivity index (χ1) is 11.6. The summed E-state index contributed by atoms with van der Waals surface area (Å²) in [6.07, 6.45) is 1.68. The minimum atomic E-state index is -0.476. The van der Waals surface area contributed by atoms with Crippen LogP contribution >= 0.6 is 0 Å². The molecule has 124 valence electrons. The number of aromatic nitrogens is 3. The summed E-state index contributed by atoms with van der Waals surface area (Å²) >= 11 is 0. The zero-order chi connectivity index (χ0) is 16.8. The zero-order valence-electron chi connectivity index (χ0n) is 13.3. The summed E-state index contributed by atoms with van der Waals surface area (Å²) in [6, 6.07) is 2.94. The highest BCUT2D eigenvalue weighted by Crippen LogP contribution is 2.30. The molecule has 9 heteroatoms. The topological polar surface area (TPSA) is 95.7 Å². The highest BCUT2D eigenvalue weighted by Gasteiger charge is 2.46. The van der Waals surface area contributed by atoms with E-state index in [1.54, 1.807) is 24.1 Å². The lowest BCUT2D eigenvalue weighted by molar-refractivity contribution is -0.127. The first kappa shape index (κ1) is 14.6. The predicted molar refractivity (Wildman–Crippen MR) is 83.1 cm³/mol. The van der Waals surface area contributed by atoms with Gasteiger partial charge in [-0.15, -0.1) is 0 Å². The molecule has 9 nitrogen and oxygen atoms in total. The molecule has 2 fully saturated rings. The molecule has 4 rings (SSSR count). The van der Waals surface area contributed by atoms with Crippen molar-refractivity contribution in [3.05, 3.63) is 24.2 Å². The predicted octanol–water partition coefficient (Wildman–Crippen LogP) is 0.523. The molecule has 0 radical (unpaired) electrons. The Kier molecular flexibility index (Phi) is 3.22. The van der Waals surface area contributed by atoms with Crippen LogP contribution in [0.15, 0.2) is 22.9 Å². The second-order valence-electron chi connectivity index (χ2n) is 5.86. The molecule has 2 aromatic rings. The van der Waals surface area contributed by atoms with Crippen LogP contribution in [0.1, 0.15) is 5.82 Å². The molecule has 24 heavy (non-hydrogen) atoms. The van der Waals surface area contributed by atoms with Crippen molar-refractivity contribution in [2.45, 2.75) is 13.0 Å². The van der Waals surface area contributed by atoms with Crippen LogP contribution in [0.2, 0.25) is 0 Å². The number of piperazine rings is 1. The Hall–Kier alpha value is -2.97. The van der Waals surface area contributed by atoms with Gasteiger partial charge in [0.05, 0.1) is 5.56 Å². The van der Waals surface area contributed by atoms with Crippen molar-refractivity contribution in [2.24, 2.45) is 0 Å². The van der Waals surface area contributed by atoms with Gasteiger partial charge in [0.15, 0.2) is 5.82 Å². The van der Waals surface area contributed by atoms with Crippen molar-refractivity contribution >= 4 is 17.8 Å². The van der Waals surface area contributed by atoms with E-state index in [0.717, 1.165) is 5.56 Å². The van der Waals surface area contributed by atoms with Crippen molar-refractivity contribution in [2.75, 3.05) is 31.6 Å². The molecule has 1 atom stereocenters. The lowest BCUT2D eigenvalue weighted by atomic mass is 10.1.